The second-order valence-corrected chi connectivity index (χ2v) is 5.87. The molecular formula is C15H9BrClN3O2. The highest BCUT2D eigenvalue weighted by Gasteiger charge is 2.32. The zero-order chi connectivity index (χ0) is 15.9. The number of halogens is 2. The summed E-state index contributed by atoms with van der Waals surface area (Å²) in [6.07, 6.45) is 2.58. The lowest BCUT2D eigenvalue weighted by Gasteiger charge is -2.19. The van der Waals surface area contributed by atoms with Gasteiger partial charge in [-0.25, -0.2) is 9.97 Å². The van der Waals surface area contributed by atoms with E-state index in [4.69, 9.17) is 11.6 Å². The fourth-order valence-corrected chi connectivity index (χ4v) is 2.76. The lowest BCUT2D eigenvalue weighted by molar-refractivity contribution is 0.0979. The molecule has 5 nitrogen and oxygen atoms in total. The van der Waals surface area contributed by atoms with Gasteiger partial charge in [0, 0.05) is 16.9 Å². The van der Waals surface area contributed by atoms with Crippen LogP contribution in [0.5, 0.6) is 0 Å². The van der Waals surface area contributed by atoms with Gasteiger partial charge in [-0.05, 0) is 40.5 Å². The molecule has 1 aromatic carbocycles. The molecule has 3 rings (SSSR count). The molecule has 0 radical (unpaired) electrons. The molecule has 1 aromatic heterocycles. The zero-order valence-corrected chi connectivity index (χ0v) is 13.7. The van der Waals surface area contributed by atoms with Crippen molar-refractivity contribution in [2.24, 2.45) is 0 Å². The Balaban J connectivity index is 2.08. The summed E-state index contributed by atoms with van der Waals surface area (Å²) in [4.78, 5) is 32.5. The predicted octanol–water partition coefficient (Wildman–Crippen LogP) is 3.54. The Bertz CT molecular complexity index is 848. The molecule has 7 heteroatoms. The highest BCUT2D eigenvalue weighted by molar-refractivity contribution is 9.12. The predicted molar refractivity (Wildman–Crippen MR) is 86.5 cm³/mol. The second-order valence-electron chi connectivity index (χ2n) is 4.67. The molecule has 110 valence electrons. The van der Waals surface area contributed by atoms with E-state index >= 15 is 0 Å². The Morgan fingerprint density at radius 3 is 2.77 bits per heavy atom. The third kappa shape index (κ3) is 2.34. The van der Waals surface area contributed by atoms with Crippen molar-refractivity contribution in [1.82, 2.24) is 9.97 Å². The molecule has 0 spiro atoms. The molecule has 22 heavy (non-hydrogen) atoms. The van der Waals surface area contributed by atoms with Crippen LogP contribution in [0.25, 0.3) is 0 Å². The number of hydrogen-bond donors (Lipinski definition) is 1. The van der Waals surface area contributed by atoms with Crippen LogP contribution in [0, 0.1) is 6.92 Å². The van der Waals surface area contributed by atoms with Gasteiger partial charge in [0.1, 0.15) is 17.7 Å². The van der Waals surface area contributed by atoms with E-state index in [-0.39, 0.29) is 33.0 Å². The minimum Gasteiger partial charge on any atom is -0.351 e. The van der Waals surface area contributed by atoms with Crippen LogP contribution >= 0.6 is 27.5 Å². The maximum absolute atomic E-state index is 12.6. The Morgan fingerprint density at radius 1 is 1.23 bits per heavy atom. The molecule has 0 amide bonds. The first-order valence-electron chi connectivity index (χ1n) is 6.32. The standard InChI is InChI=1S/C15H9BrClN3O2/c1-7-9(17)3-2-4-10(7)20-13-11(16)15(22)12-8(14(13)21)5-18-6-19-12/h2-6,20H,1H3. The van der Waals surface area contributed by atoms with Gasteiger partial charge in [-0.3, -0.25) is 9.59 Å². The summed E-state index contributed by atoms with van der Waals surface area (Å²) >= 11 is 9.26. The average Bonchev–Trinajstić information content (AvgIpc) is 2.53. The summed E-state index contributed by atoms with van der Waals surface area (Å²) < 4.78 is 0.142. The summed E-state index contributed by atoms with van der Waals surface area (Å²) in [5.74, 6) is -0.708. The fraction of sp³-hybridized carbons (Fsp3) is 0.0667. The minimum atomic E-state index is -0.362. The summed E-state index contributed by atoms with van der Waals surface area (Å²) in [5, 5.41) is 3.55. The Labute approximate surface area is 139 Å². The van der Waals surface area contributed by atoms with Gasteiger partial charge >= 0.3 is 0 Å². The van der Waals surface area contributed by atoms with E-state index in [1.165, 1.54) is 12.5 Å². The largest absolute Gasteiger partial charge is 0.351 e. The zero-order valence-electron chi connectivity index (χ0n) is 11.4. The minimum absolute atomic E-state index is 0.0974. The Kier molecular flexibility index (Phi) is 3.80. The van der Waals surface area contributed by atoms with E-state index in [0.29, 0.717) is 10.7 Å². The van der Waals surface area contributed by atoms with Crippen molar-refractivity contribution in [3.63, 3.8) is 0 Å². The molecule has 0 fully saturated rings. The van der Waals surface area contributed by atoms with Gasteiger partial charge in [-0.2, -0.15) is 0 Å². The smallest absolute Gasteiger partial charge is 0.221 e. The van der Waals surface area contributed by atoms with Gasteiger partial charge in [0.2, 0.25) is 11.6 Å². The maximum Gasteiger partial charge on any atom is 0.221 e. The van der Waals surface area contributed by atoms with Gasteiger partial charge in [-0.15, -0.1) is 0 Å². The van der Waals surface area contributed by atoms with Crippen molar-refractivity contribution in [3.05, 3.63) is 62.7 Å². The Morgan fingerprint density at radius 2 is 2.00 bits per heavy atom. The van der Waals surface area contributed by atoms with Gasteiger partial charge in [0.05, 0.1) is 10.0 Å². The van der Waals surface area contributed by atoms with Gasteiger partial charge < -0.3 is 5.32 Å². The first kappa shape index (κ1) is 14.9. The van der Waals surface area contributed by atoms with Crippen LogP contribution < -0.4 is 5.32 Å². The molecule has 1 heterocycles. The topological polar surface area (TPSA) is 72.0 Å². The maximum atomic E-state index is 12.6. The first-order valence-corrected chi connectivity index (χ1v) is 7.49. The third-order valence-corrected chi connectivity index (χ3v) is 4.51. The number of hydrogen-bond acceptors (Lipinski definition) is 5. The SMILES string of the molecule is Cc1c(Cl)cccc1NC1=C(Br)C(=O)c2ncncc2C1=O. The van der Waals surface area contributed by atoms with Crippen LogP contribution in [0.15, 0.2) is 40.9 Å². The van der Waals surface area contributed by atoms with Crippen LogP contribution in [0.3, 0.4) is 0 Å². The van der Waals surface area contributed by atoms with Gasteiger partial charge in [-0.1, -0.05) is 17.7 Å². The van der Waals surface area contributed by atoms with Gasteiger partial charge in [0.25, 0.3) is 0 Å². The number of Topliss-reactive ketones (excluding diaryl/α,β-unsaturated/α-hetero) is 2. The number of allylic oxidation sites excluding steroid dienone is 2. The normalized spacial score (nSPS) is 14.1. The van der Waals surface area contributed by atoms with Crippen LogP contribution in [0.2, 0.25) is 5.02 Å². The third-order valence-electron chi connectivity index (χ3n) is 3.35. The quantitative estimate of drug-likeness (QED) is 0.865. The lowest BCUT2D eigenvalue weighted by Crippen LogP contribution is -2.25. The second kappa shape index (κ2) is 5.62. The average molecular weight is 379 g/mol. The fourth-order valence-electron chi connectivity index (χ4n) is 2.12. The molecule has 1 N–H and O–H groups in total. The number of benzene rings is 1. The summed E-state index contributed by atoms with van der Waals surface area (Å²) in [6, 6.07) is 5.30. The highest BCUT2D eigenvalue weighted by atomic mass is 79.9. The van der Waals surface area contributed by atoms with E-state index in [9.17, 15) is 9.59 Å². The molecule has 1 aliphatic carbocycles. The molecule has 0 saturated carbocycles. The first-order chi connectivity index (χ1) is 10.5. The highest BCUT2D eigenvalue weighted by Crippen LogP contribution is 2.31. The van der Waals surface area contributed by atoms with E-state index < -0.39 is 0 Å². The number of fused-ring (bicyclic) bond motifs is 1. The van der Waals surface area contributed by atoms with Crippen molar-refractivity contribution in [1.29, 1.82) is 0 Å². The number of carbonyl (C=O) groups excluding carboxylic acids is 2. The van der Waals surface area contributed by atoms with Crippen LogP contribution in [-0.4, -0.2) is 21.5 Å². The van der Waals surface area contributed by atoms with E-state index in [0.717, 1.165) is 5.56 Å². The molecule has 0 saturated heterocycles. The summed E-state index contributed by atoms with van der Waals surface area (Å²) in [6.45, 7) is 1.82. The molecule has 0 bridgehead atoms. The summed E-state index contributed by atoms with van der Waals surface area (Å²) in [7, 11) is 0. The number of nitrogens with one attached hydrogen (secondary N) is 1. The van der Waals surface area contributed by atoms with E-state index in [1.54, 1.807) is 18.2 Å². The van der Waals surface area contributed by atoms with Crippen LogP contribution in [0.1, 0.15) is 26.4 Å². The van der Waals surface area contributed by atoms with Gasteiger partial charge in [0.15, 0.2) is 0 Å². The summed E-state index contributed by atoms with van der Waals surface area (Å²) in [5.41, 5.74) is 1.86. The van der Waals surface area contributed by atoms with E-state index in [1.807, 2.05) is 6.92 Å². The number of nitrogens with zero attached hydrogens (tertiary/aromatic N) is 2. The molecule has 1 aliphatic rings. The van der Waals surface area contributed by atoms with Crippen molar-refractivity contribution >= 4 is 44.8 Å². The van der Waals surface area contributed by atoms with Crippen molar-refractivity contribution < 1.29 is 9.59 Å². The molecule has 0 atom stereocenters. The molecule has 0 unspecified atom stereocenters. The monoisotopic (exact) mass is 377 g/mol. The van der Waals surface area contributed by atoms with Crippen molar-refractivity contribution in [3.8, 4) is 0 Å². The number of ketones is 2. The Hall–Kier alpha value is -2.05. The number of aromatic nitrogens is 2. The van der Waals surface area contributed by atoms with Crippen molar-refractivity contribution in [2.75, 3.05) is 5.32 Å². The number of rotatable bonds is 2. The van der Waals surface area contributed by atoms with Crippen molar-refractivity contribution in [2.45, 2.75) is 6.92 Å². The van der Waals surface area contributed by atoms with Crippen LogP contribution in [0.4, 0.5) is 5.69 Å². The molecule has 2 aromatic rings. The van der Waals surface area contributed by atoms with Crippen LogP contribution in [-0.2, 0) is 0 Å². The number of anilines is 1. The van der Waals surface area contributed by atoms with E-state index in [2.05, 4.69) is 31.2 Å². The molecule has 0 aliphatic heterocycles. The lowest BCUT2D eigenvalue weighted by atomic mass is 9.98. The number of carbonyl (C=O) groups is 2. The molecular weight excluding hydrogens is 370 g/mol.